The number of aryl methyl sites for hydroxylation is 2. The lowest BCUT2D eigenvalue weighted by Crippen LogP contribution is -2.33. The molecule has 0 atom stereocenters. The molecule has 178 valence electrons. The fourth-order valence-corrected chi connectivity index (χ4v) is 4.86. The smallest absolute Gasteiger partial charge is 0.173 e. The average molecular weight is 467 g/mol. The Labute approximate surface area is 206 Å². The van der Waals surface area contributed by atoms with E-state index < -0.39 is 0 Å². The van der Waals surface area contributed by atoms with Crippen LogP contribution in [0.2, 0.25) is 0 Å². The van der Waals surface area contributed by atoms with Gasteiger partial charge in [0, 0.05) is 29.3 Å². The molecule has 2 aromatic heterocycles. The van der Waals surface area contributed by atoms with Crippen molar-refractivity contribution in [1.82, 2.24) is 15.0 Å². The van der Waals surface area contributed by atoms with E-state index in [1.807, 2.05) is 25.1 Å². The molecule has 0 aliphatic carbocycles. The Morgan fingerprint density at radius 1 is 1.06 bits per heavy atom. The third-order valence-corrected chi connectivity index (χ3v) is 6.99. The average Bonchev–Trinajstić information content (AvgIpc) is 3.33. The molecule has 4 aromatic rings. The molecule has 2 aromatic carbocycles. The van der Waals surface area contributed by atoms with E-state index in [-0.39, 0.29) is 0 Å². The quantitative estimate of drug-likeness (QED) is 0.325. The molecule has 5 rings (SSSR count). The summed E-state index contributed by atoms with van der Waals surface area (Å²) >= 11 is 0. The largest absolute Gasteiger partial charge is 0.488 e. The van der Waals surface area contributed by atoms with Gasteiger partial charge in [-0.25, -0.2) is 4.98 Å². The van der Waals surface area contributed by atoms with Gasteiger partial charge in [-0.3, -0.25) is 4.90 Å². The zero-order valence-corrected chi connectivity index (χ0v) is 20.1. The van der Waals surface area contributed by atoms with E-state index in [1.54, 1.807) is 12.3 Å². The maximum Gasteiger partial charge on any atom is 0.173 e. The second-order valence-electron chi connectivity index (χ2n) is 9.39. The van der Waals surface area contributed by atoms with Gasteiger partial charge in [-0.15, -0.1) is 0 Å². The van der Waals surface area contributed by atoms with Crippen molar-refractivity contribution in [2.45, 2.75) is 45.8 Å². The minimum absolute atomic E-state index is 0.384. The molecule has 1 aliphatic heterocycles. The van der Waals surface area contributed by atoms with Crippen LogP contribution in [0.5, 0.6) is 5.75 Å². The van der Waals surface area contributed by atoms with Crippen molar-refractivity contribution >= 4 is 11.0 Å². The fourth-order valence-electron chi connectivity index (χ4n) is 4.86. The van der Waals surface area contributed by atoms with Crippen LogP contribution >= 0.6 is 0 Å². The number of likely N-dealkylation sites (tertiary alicyclic amines) is 1. The lowest BCUT2D eigenvalue weighted by atomic mass is 9.91. The molecule has 0 N–H and O–H groups in total. The highest BCUT2D eigenvalue weighted by Crippen LogP contribution is 2.31. The Morgan fingerprint density at radius 2 is 1.89 bits per heavy atom. The summed E-state index contributed by atoms with van der Waals surface area (Å²) in [5.74, 6) is 1.51. The van der Waals surface area contributed by atoms with Gasteiger partial charge in [-0.05, 0) is 75.4 Å². The summed E-state index contributed by atoms with van der Waals surface area (Å²) in [6, 6.07) is 20.4. The first-order valence-corrected chi connectivity index (χ1v) is 12.3. The van der Waals surface area contributed by atoms with E-state index in [0.717, 1.165) is 71.9 Å². The predicted octanol–water partition coefficient (Wildman–Crippen LogP) is 5.83. The van der Waals surface area contributed by atoms with Gasteiger partial charge in [-0.2, -0.15) is 5.26 Å². The molecule has 0 amide bonds. The van der Waals surface area contributed by atoms with Gasteiger partial charge in [0.05, 0.1) is 5.69 Å². The number of nitriles is 1. The first kappa shape index (κ1) is 23.1. The molecule has 35 heavy (non-hydrogen) atoms. The lowest BCUT2D eigenvalue weighted by Gasteiger charge is -2.31. The van der Waals surface area contributed by atoms with Gasteiger partial charge < -0.3 is 9.26 Å². The number of pyridine rings is 1. The van der Waals surface area contributed by atoms with Crippen LogP contribution in [-0.2, 0) is 19.6 Å². The second-order valence-corrected chi connectivity index (χ2v) is 9.39. The van der Waals surface area contributed by atoms with E-state index in [9.17, 15) is 0 Å². The highest BCUT2D eigenvalue weighted by Gasteiger charge is 2.21. The molecule has 0 bridgehead atoms. The van der Waals surface area contributed by atoms with Crippen LogP contribution in [0.15, 0.2) is 65.3 Å². The van der Waals surface area contributed by atoms with Crippen LogP contribution in [-0.4, -0.2) is 28.1 Å². The summed E-state index contributed by atoms with van der Waals surface area (Å²) in [6.45, 7) is 5.76. The van der Waals surface area contributed by atoms with E-state index in [0.29, 0.717) is 12.3 Å². The van der Waals surface area contributed by atoms with Crippen LogP contribution < -0.4 is 4.74 Å². The Kier molecular flexibility index (Phi) is 7.06. The summed E-state index contributed by atoms with van der Waals surface area (Å²) in [5.41, 5.74) is 5.50. The molecule has 0 unspecified atom stereocenters. The number of nitrogens with zero attached hydrogens (tertiary/aromatic N) is 4. The van der Waals surface area contributed by atoms with E-state index in [4.69, 9.17) is 14.5 Å². The molecule has 6 nitrogen and oxygen atoms in total. The van der Waals surface area contributed by atoms with Gasteiger partial charge in [0.15, 0.2) is 5.58 Å². The molecule has 1 saturated heterocycles. The van der Waals surface area contributed by atoms with Crippen LogP contribution in [0.1, 0.15) is 47.3 Å². The van der Waals surface area contributed by atoms with Crippen molar-refractivity contribution in [2.75, 3.05) is 13.1 Å². The third-order valence-electron chi connectivity index (χ3n) is 6.99. The van der Waals surface area contributed by atoms with Crippen LogP contribution in [0, 0.1) is 24.2 Å². The number of ether oxygens (including phenoxy) is 1. The van der Waals surface area contributed by atoms with Gasteiger partial charge in [0.2, 0.25) is 0 Å². The zero-order chi connectivity index (χ0) is 24.0. The van der Waals surface area contributed by atoms with Gasteiger partial charge in [0.25, 0.3) is 0 Å². The standard InChI is InChI=1S/C29H30N4O2/c1-21-28(34-20-24-7-9-25(17-30)31-18-24)12-10-26-27(32-35-29(21)26)11-8-22-13-15-33(16-14-22)19-23-5-3-2-4-6-23/h2-7,9-10,12,18,22H,8,11,13-16,19-20H2,1H3. The molecule has 6 heteroatoms. The minimum Gasteiger partial charge on any atom is -0.488 e. The van der Waals surface area contributed by atoms with E-state index in [1.165, 1.54) is 18.4 Å². The van der Waals surface area contributed by atoms with Crippen molar-refractivity contribution < 1.29 is 9.26 Å². The number of rotatable bonds is 8. The fraction of sp³-hybridized carbons (Fsp3) is 0.345. The molecule has 0 spiro atoms. The minimum atomic E-state index is 0.384. The number of hydrogen-bond donors (Lipinski definition) is 0. The number of aromatic nitrogens is 2. The van der Waals surface area contributed by atoms with E-state index >= 15 is 0 Å². The Hall–Kier alpha value is -3.69. The van der Waals surface area contributed by atoms with Crippen molar-refractivity contribution in [3.63, 3.8) is 0 Å². The van der Waals surface area contributed by atoms with Crippen LogP contribution in [0.25, 0.3) is 11.0 Å². The maximum atomic E-state index is 8.89. The summed E-state index contributed by atoms with van der Waals surface area (Å²) in [4.78, 5) is 6.66. The Morgan fingerprint density at radius 3 is 2.63 bits per heavy atom. The van der Waals surface area contributed by atoms with Gasteiger partial charge >= 0.3 is 0 Å². The summed E-state index contributed by atoms with van der Waals surface area (Å²) in [7, 11) is 0. The number of hydrogen-bond acceptors (Lipinski definition) is 6. The monoisotopic (exact) mass is 466 g/mol. The van der Waals surface area contributed by atoms with Crippen LogP contribution in [0.3, 0.4) is 0 Å². The van der Waals surface area contributed by atoms with Crippen LogP contribution in [0.4, 0.5) is 0 Å². The molecule has 3 heterocycles. The van der Waals surface area contributed by atoms with Gasteiger partial charge in [0.1, 0.15) is 24.1 Å². The highest BCUT2D eigenvalue weighted by molar-refractivity contribution is 5.84. The molecular formula is C29H30N4O2. The normalized spacial score (nSPS) is 14.7. The Bertz CT molecular complexity index is 1300. The molecule has 1 aliphatic rings. The predicted molar refractivity (Wildman–Crippen MR) is 135 cm³/mol. The number of fused-ring (bicyclic) bond motifs is 1. The SMILES string of the molecule is Cc1c(OCc2ccc(C#N)nc2)ccc2c(CCC3CCN(Cc4ccccc4)CC3)noc12. The summed E-state index contributed by atoms with van der Waals surface area (Å²) in [5, 5.41) is 14.4. The van der Waals surface area contributed by atoms with Crippen molar-refractivity contribution in [3.8, 4) is 11.8 Å². The maximum absolute atomic E-state index is 8.89. The second kappa shape index (κ2) is 10.7. The molecule has 1 fully saturated rings. The van der Waals surface area contributed by atoms with Crippen molar-refractivity contribution in [1.29, 1.82) is 5.26 Å². The number of piperidine rings is 1. The topological polar surface area (TPSA) is 75.2 Å². The first-order chi connectivity index (χ1) is 17.2. The zero-order valence-electron chi connectivity index (χ0n) is 20.1. The highest BCUT2D eigenvalue weighted by atomic mass is 16.5. The molecule has 0 radical (unpaired) electrons. The Balaban J connectivity index is 1.15. The first-order valence-electron chi connectivity index (χ1n) is 12.3. The lowest BCUT2D eigenvalue weighted by molar-refractivity contribution is 0.172. The molecular weight excluding hydrogens is 436 g/mol. The van der Waals surface area contributed by atoms with Crippen molar-refractivity contribution in [2.24, 2.45) is 5.92 Å². The van der Waals surface area contributed by atoms with E-state index in [2.05, 4.69) is 51.4 Å². The third kappa shape index (κ3) is 5.52. The van der Waals surface area contributed by atoms with Gasteiger partial charge in [-0.1, -0.05) is 41.6 Å². The number of benzene rings is 2. The summed E-state index contributed by atoms with van der Waals surface area (Å²) in [6.07, 6.45) is 6.23. The molecule has 0 saturated carbocycles. The van der Waals surface area contributed by atoms with Crippen molar-refractivity contribution in [3.05, 3.63) is 88.9 Å². The summed E-state index contributed by atoms with van der Waals surface area (Å²) < 4.78 is 11.7.